The van der Waals surface area contributed by atoms with Gasteiger partial charge in [0.15, 0.2) is 0 Å². The summed E-state index contributed by atoms with van der Waals surface area (Å²) in [6, 6.07) is 4.89. The molecule has 3 heterocycles. The summed E-state index contributed by atoms with van der Waals surface area (Å²) in [4.78, 5) is 16.7. The van der Waals surface area contributed by atoms with Gasteiger partial charge in [-0.05, 0) is 49.9 Å². The molecule has 0 fully saturated rings. The SMILES string of the molecule is CN(C[C@@H]1CCc2nccn2C1)S(=O)(=O)c1ccc2c(c1)C(C)(C)C(=O)N2. The van der Waals surface area contributed by atoms with E-state index >= 15 is 0 Å². The van der Waals surface area contributed by atoms with Crippen molar-refractivity contribution in [2.24, 2.45) is 5.92 Å². The summed E-state index contributed by atoms with van der Waals surface area (Å²) in [5.74, 6) is 1.20. The Labute approximate surface area is 159 Å². The van der Waals surface area contributed by atoms with Crippen LogP contribution in [0.4, 0.5) is 5.69 Å². The van der Waals surface area contributed by atoms with Crippen LogP contribution in [0.2, 0.25) is 0 Å². The van der Waals surface area contributed by atoms with Crippen LogP contribution in [0.5, 0.6) is 0 Å². The maximum absolute atomic E-state index is 13.1. The van der Waals surface area contributed by atoms with Crippen molar-refractivity contribution < 1.29 is 13.2 Å². The number of anilines is 1. The molecule has 2 aliphatic rings. The second-order valence-corrected chi connectivity index (χ2v) is 10.0. The lowest BCUT2D eigenvalue weighted by Gasteiger charge is -2.28. The number of aryl methyl sites for hydroxylation is 1. The quantitative estimate of drug-likeness (QED) is 0.868. The highest BCUT2D eigenvalue weighted by molar-refractivity contribution is 7.89. The number of hydrogen-bond acceptors (Lipinski definition) is 4. The zero-order valence-electron chi connectivity index (χ0n) is 15.8. The number of aromatic nitrogens is 2. The highest BCUT2D eigenvalue weighted by Gasteiger charge is 2.39. The standard InChI is InChI=1S/C19H24N4O3S/c1-19(2)15-10-14(5-6-16(15)21-18(19)24)27(25,26)22(3)11-13-4-7-17-20-8-9-23(17)12-13/h5-6,8-10,13H,4,7,11-12H2,1-3H3,(H,21,24)/t13-/m0/s1. The van der Waals surface area contributed by atoms with Gasteiger partial charge < -0.3 is 9.88 Å². The molecule has 0 aliphatic carbocycles. The Morgan fingerprint density at radius 2 is 2.15 bits per heavy atom. The van der Waals surface area contributed by atoms with Crippen molar-refractivity contribution >= 4 is 21.6 Å². The third-order valence-electron chi connectivity index (χ3n) is 5.74. The molecule has 4 rings (SSSR count). The molecule has 27 heavy (non-hydrogen) atoms. The van der Waals surface area contributed by atoms with Crippen LogP contribution in [0.1, 0.15) is 31.7 Å². The Balaban J connectivity index is 1.55. The average Bonchev–Trinajstić information content (AvgIpc) is 3.17. The highest BCUT2D eigenvalue weighted by Crippen LogP contribution is 2.38. The van der Waals surface area contributed by atoms with E-state index < -0.39 is 15.4 Å². The first-order chi connectivity index (χ1) is 12.7. The van der Waals surface area contributed by atoms with Crippen molar-refractivity contribution in [3.05, 3.63) is 42.0 Å². The van der Waals surface area contributed by atoms with E-state index in [-0.39, 0.29) is 16.7 Å². The molecule has 8 heteroatoms. The molecule has 0 unspecified atom stereocenters. The molecule has 0 saturated carbocycles. The zero-order valence-corrected chi connectivity index (χ0v) is 16.6. The fourth-order valence-electron chi connectivity index (χ4n) is 3.94. The number of carbonyl (C=O) groups excluding carboxylic acids is 1. The molecule has 1 N–H and O–H groups in total. The second kappa shape index (κ2) is 6.17. The number of hydrogen-bond donors (Lipinski definition) is 1. The van der Waals surface area contributed by atoms with E-state index in [4.69, 9.17) is 0 Å². The first-order valence-corrected chi connectivity index (χ1v) is 10.6. The number of amides is 1. The molecule has 2 aliphatic heterocycles. The first-order valence-electron chi connectivity index (χ1n) is 9.12. The predicted molar refractivity (Wildman–Crippen MR) is 102 cm³/mol. The van der Waals surface area contributed by atoms with Crippen molar-refractivity contribution in [1.29, 1.82) is 0 Å². The monoisotopic (exact) mass is 388 g/mol. The van der Waals surface area contributed by atoms with E-state index in [1.54, 1.807) is 45.3 Å². The van der Waals surface area contributed by atoms with Gasteiger partial charge in [0.1, 0.15) is 5.82 Å². The van der Waals surface area contributed by atoms with Crippen molar-refractivity contribution in [3.8, 4) is 0 Å². The molecule has 1 atom stereocenters. The van der Waals surface area contributed by atoms with E-state index in [0.29, 0.717) is 12.2 Å². The van der Waals surface area contributed by atoms with Gasteiger partial charge in [-0.1, -0.05) is 0 Å². The van der Waals surface area contributed by atoms with E-state index in [1.807, 2.05) is 6.20 Å². The lowest BCUT2D eigenvalue weighted by Crippen LogP contribution is -2.35. The van der Waals surface area contributed by atoms with Gasteiger partial charge >= 0.3 is 0 Å². The molecule has 7 nitrogen and oxygen atoms in total. The van der Waals surface area contributed by atoms with Crippen LogP contribution in [0.15, 0.2) is 35.5 Å². The Hall–Kier alpha value is -2.19. The number of nitrogens with zero attached hydrogens (tertiary/aromatic N) is 3. The van der Waals surface area contributed by atoms with Crippen molar-refractivity contribution in [2.75, 3.05) is 18.9 Å². The van der Waals surface area contributed by atoms with Gasteiger partial charge in [0.2, 0.25) is 15.9 Å². The Morgan fingerprint density at radius 1 is 1.37 bits per heavy atom. The summed E-state index contributed by atoms with van der Waals surface area (Å²) in [6.07, 6.45) is 5.53. The minimum absolute atomic E-state index is 0.112. The highest BCUT2D eigenvalue weighted by atomic mass is 32.2. The molecule has 1 aromatic heterocycles. The number of sulfonamides is 1. The summed E-state index contributed by atoms with van der Waals surface area (Å²) >= 11 is 0. The van der Waals surface area contributed by atoms with Crippen LogP contribution in [0.3, 0.4) is 0 Å². The number of rotatable bonds is 4. The van der Waals surface area contributed by atoms with Crippen LogP contribution < -0.4 is 5.32 Å². The molecule has 2 aromatic rings. The summed E-state index contributed by atoms with van der Waals surface area (Å²) in [6.45, 7) is 4.85. The lowest BCUT2D eigenvalue weighted by molar-refractivity contribution is -0.119. The van der Waals surface area contributed by atoms with Crippen molar-refractivity contribution in [3.63, 3.8) is 0 Å². The van der Waals surface area contributed by atoms with Gasteiger partial charge in [-0.25, -0.2) is 17.7 Å². The summed E-state index contributed by atoms with van der Waals surface area (Å²) in [7, 11) is -2.00. The van der Waals surface area contributed by atoms with E-state index in [0.717, 1.165) is 30.8 Å². The van der Waals surface area contributed by atoms with Crippen LogP contribution in [0, 0.1) is 5.92 Å². The second-order valence-electron chi connectivity index (χ2n) is 7.97. The van der Waals surface area contributed by atoms with E-state index in [2.05, 4.69) is 14.9 Å². The smallest absolute Gasteiger partial charge is 0.242 e. The molecule has 144 valence electrons. The maximum atomic E-state index is 13.1. The Bertz CT molecular complexity index is 1010. The molecule has 1 aromatic carbocycles. The van der Waals surface area contributed by atoms with Crippen LogP contribution >= 0.6 is 0 Å². The van der Waals surface area contributed by atoms with Crippen molar-refractivity contribution in [2.45, 2.75) is 43.5 Å². The first kappa shape index (κ1) is 18.2. The van der Waals surface area contributed by atoms with Gasteiger partial charge in [-0.3, -0.25) is 4.79 Å². The maximum Gasteiger partial charge on any atom is 0.242 e. The van der Waals surface area contributed by atoms with Crippen LogP contribution in [-0.2, 0) is 33.2 Å². The molecule has 0 radical (unpaired) electrons. The van der Waals surface area contributed by atoms with E-state index in [9.17, 15) is 13.2 Å². The number of imidazole rings is 1. The topological polar surface area (TPSA) is 84.3 Å². The van der Waals surface area contributed by atoms with Crippen molar-refractivity contribution in [1.82, 2.24) is 13.9 Å². The molecule has 0 bridgehead atoms. The summed E-state index contributed by atoms with van der Waals surface area (Å²) in [5, 5.41) is 2.81. The van der Waals surface area contributed by atoms with Gasteiger partial charge in [0.05, 0.1) is 10.3 Å². The predicted octanol–water partition coefficient (Wildman–Crippen LogP) is 2.00. The fraction of sp³-hybridized carbons (Fsp3) is 0.474. The fourth-order valence-corrected chi connectivity index (χ4v) is 5.21. The lowest BCUT2D eigenvalue weighted by atomic mass is 9.86. The van der Waals surface area contributed by atoms with Gasteiger partial charge in [-0.15, -0.1) is 0 Å². The number of fused-ring (bicyclic) bond motifs is 2. The summed E-state index contributed by atoms with van der Waals surface area (Å²) < 4.78 is 29.7. The van der Waals surface area contributed by atoms with Gasteiger partial charge in [0, 0.05) is 44.6 Å². The molecule has 0 saturated heterocycles. The summed E-state index contributed by atoms with van der Waals surface area (Å²) in [5.41, 5.74) is 0.676. The third kappa shape index (κ3) is 2.96. The van der Waals surface area contributed by atoms with Crippen LogP contribution in [-0.4, -0.2) is 41.8 Å². The number of nitrogens with one attached hydrogen (secondary N) is 1. The molecule has 1 amide bonds. The molecular formula is C19H24N4O3S. The average molecular weight is 388 g/mol. The third-order valence-corrected chi connectivity index (χ3v) is 7.56. The number of carbonyl (C=O) groups is 1. The minimum atomic E-state index is -3.62. The Kier molecular flexibility index (Phi) is 4.16. The minimum Gasteiger partial charge on any atom is -0.335 e. The molecular weight excluding hydrogens is 364 g/mol. The number of benzene rings is 1. The zero-order chi connectivity index (χ0) is 19.4. The normalized spacial score (nSPS) is 21.0. The van der Waals surface area contributed by atoms with Crippen LogP contribution in [0.25, 0.3) is 0 Å². The van der Waals surface area contributed by atoms with E-state index in [1.165, 1.54) is 4.31 Å². The molecule has 0 spiro atoms. The largest absolute Gasteiger partial charge is 0.335 e. The van der Waals surface area contributed by atoms with Gasteiger partial charge in [-0.2, -0.15) is 0 Å². The van der Waals surface area contributed by atoms with Gasteiger partial charge in [0.25, 0.3) is 0 Å². The Morgan fingerprint density at radius 3 is 2.93 bits per heavy atom.